The van der Waals surface area contributed by atoms with Crippen molar-refractivity contribution in [2.75, 3.05) is 11.9 Å². The number of anilines is 1. The van der Waals surface area contributed by atoms with E-state index in [4.69, 9.17) is 9.47 Å². The van der Waals surface area contributed by atoms with Gasteiger partial charge in [0.15, 0.2) is 11.6 Å². The van der Waals surface area contributed by atoms with E-state index >= 15 is 0 Å². The monoisotopic (exact) mass is 450 g/mol. The molecule has 0 aliphatic carbocycles. The Labute approximate surface area is 179 Å². The normalized spacial score (nSPS) is 15.6. The molecule has 168 valence electrons. The quantitative estimate of drug-likeness (QED) is 0.548. The second-order valence-electron chi connectivity index (χ2n) is 7.34. The van der Waals surface area contributed by atoms with Crippen LogP contribution in [0.1, 0.15) is 18.2 Å². The number of halogens is 4. The van der Waals surface area contributed by atoms with E-state index in [0.717, 1.165) is 18.3 Å². The summed E-state index contributed by atoms with van der Waals surface area (Å²) < 4.78 is 64.5. The molecule has 11 heteroatoms. The van der Waals surface area contributed by atoms with Gasteiger partial charge in [0.1, 0.15) is 23.9 Å². The number of hydrogen-bond donors (Lipinski definition) is 0. The lowest BCUT2D eigenvalue weighted by atomic mass is 10.2. The van der Waals surface area contributed by atoms with Gasteiger partial charge in [-0.2, -0.15) is 18.2 Å². The summed E-state index contributed by atoms with van der Waals surface area (Å²) in [5.74, 6) is -0.144. The summed E-state index contributed by atoms with van der Waals surface area (Å²) in [7, 11) is 1.87. The van der Waals surface area contributed by atoms with Gasteiger partial charge in [0, 0.05) is 25.7 Å². The number of likely N-dealkylation sites (N-methyl/N-ethyl adjacent to an activating group) is 1. The highest BCUT2D eigenvalue weighted by atomic mass is 19.4. The SMILES string of the molecule is C[C@@H]1Cn2c(cc(OCc3ccc(Oc4ccc(C(F)(F)F)nc4)c(F)c3)nc2=O)N1C. The van der Waals surface area contributed by atoms with Crippen LogP contribution < -0.4 is 20.1 Å². The van der Waals surface area contributed by atoms with Crippen molar-refractivity contribution in [1.82, 2.24) is 14.5 Å². The number of nitrogens with zero attached hydrogens (tertiary/aromatic N) is 4. The lowest BCUT2D eigenvalue weighted by Gasteiger charge is -2.16. The van der Waals surface area contributed by atoms with Gasteiger partial charge in [-0.1, -0.05) is 6.07 Å². The molecule has 7 nitrogen and oxygen atoms in total. The third-order valence-corrected chi connectivity index (χ3v) is 5.07. The van der Waals surface area contributed by atoms with Crippen LogP contribution in [0.25, 0.3) is 0 Å². The Morgan fingerprint density at radius 2 is 1.97 bits per heavy atom. The highest BCUT2D eigenvalue weighted by Crippen LogP contribution is 2.30. The summed E-state index contributed by atoms with van der Waals surface area (Å²) in [5, 5.41) is 0. The van der Waals surface area contributed by atoms with E-state index in [1.54, 1.807) is 10.6 Å². The Balaban J connectivity index is 1.43. The van der Waals surface area contributed by atoms with Gasteiger partial charge in [-0.25, -0.2) is 14.2 Å². The van der Waals surface area contributed by atoms with Gasteiger partial charge in [0.2, 0.25) is 5.88 Å². The Kier molecular flexibility index (Phi) is 5.49. The van der Waals surface area contributed by atoms with Crippen molar-refractivity contribution in [2.45, 2.75) is 32.3 Å². The number of aromatic nitrogens is 3. The Bertz CT molecular complexity index is 1200. The number of benzene rings is 1. The maximum absolute atomic E-state index is 14.4. The zero-order chi connectivity index (χ0) is 23.0. The molecule has 0 saturated carbocycles. The second kappa shape index (κ2) is 8.13. The van der Waals surface area contributed by atoms with Crippen molar-refractivity contribution < 1.29 is 27.0 Å². The molecule has 0 radical (unpaired) electrons. The van der Waals surface area contributed by atoms with Gasteiger partial charge in [-0.15, -0.1) is 0 Å². The molecule has 0 bridgehead atoms. The minimum Gasteiger partial charge on any atom is -0.473 e. The fourth-order valence-corrected chi connectivity index (χ4v) is 3.23. The standard InChI is InChI=1S/C21H18F4N4O3/c1-12-10-29-19(28(12)2)8-18(27-20(29)30)31-11-13-3-5-16(15(22)7-13)32-14-4-6-17(26-9-14)21(23,24)25/h3-9,12H,10-11H2,1-2H3/t12-/m1/s1. The molecule has 0 amide bonds. The van der Waals surface area contributed by atoms with E-state index in [1.807, 2.05) is 18.9 Å². The van der Waals surface area contributed by atoms with E-state index in [0.29, 0.717) is 17.9 Å². The van der Waals surface area contributed by atoms with Crippen molar-refractivity contribution in [3.05, 3.63) is 70.2 Å². The van der Waals surface area contributed by atoms with Gasteiger partial charge in [-0.05, 0) is 36.8 Å². The predicted molar refractivity (Wildman–Crippen MR) is 106 cm³/mol. The smallest absolute Gasteiger partial charge is 0.433 e. The molecule has 32 heavy (non-hydrogen) atoms. The third-order valence-electron chi connectivity index (χ3n) is 5.07. The first-order valence-corrected chi connectivity index (χ1v) is 9.59. The van der Waals surface area contributed by atoms with Crippen LogP contribution in [-0.4, -0.2) is 27.6 Å². The molecule has 0 unspecified atom stereocenters. The first kappa shape index (κ1) is 21.6. The van der Waals surface area contributed by atoms with Crippen LogP contribution in [0.2, 0.25) is 0 Å². The lowest BCUT2D eigenvalue weighted by Crippen LogP contribution is -2.23. The van der Waals surface area contributed by atoms with Gasteiger partial charge >= 0.3 is 11.9 Å². The van der Waals surface area contributed by atoms with E-state index < -0.39 is 23.4 Å². The molecule has 1 aliphatic heterocycles. The molecule has 3 heterocycles. The molecule has 1 aliphatic rings. The fraction of sp³-hybridized carbons (Fsp3) is 0.286. The fourth-order valence-electron chi connectivity index (χ4n) is 3.23. The number of rotatable bonds is 5. The average Bonchev–Trinajstić information content (AvgIpc) is 3.03. The molecule has 0 fully saturated rings. The Hall–Kier alpha value is -3.63. The average molecular weight is 450 g/mol. The summed E-state index contributed by atoms with van der Waals surface area (Å²) in [6, 6.07) is 7.64. The number of alkyl halides is 3. The van der Waals surface area contributed by atoms with Gasteiger partial charge < -0.3 is 14.4 Å². The van der Waals surface area contributed by atoms with E-state index in [-0.39, 0.29) is 30.0 Å². The van der Waals surface area contributed by atoms with Crippen LogP contribution in [0.3, 0.4) is 0 Å². The topological polar surface area (TPSA) is 69.5 Å². The van der Waals surface area contributed by atoms with Crippen LogP contribution in [0.4, 0.5) is 23.4 Å². The highest BCUT2D eigenvalue weighted by molar-refractivity contribution is 5.45. The van der Waals surface area contributed by atoms with Crippen LogP contribution in [-0.2, 0) is 19.3 Å². The number of fused-ring (bicyclic) bond motifs is 1. The number of hydrogen-bond acceptors (Lipinski definition) is 6. The summed E-state index contributed by atoms with van der Waals surface area (Å²) >= 11 is 0. The van der Waals surface area contributed by atoms with Crippen molar-refractivity contribution in [1.29, 1.82) is 0 Å². The van der Waals surface area contributed by atoms with E-state index in [2.05, 4.69) is 9.97 Å². The minimum absolute atomic E-state index is 0.0398. The predicted octanol–water partition coefficient (Wildman–Crippen LogP) is 4.01. The summed E-state index contributed by atoms with van der Waals surface area (Å²) in [4.78, 5) is 21.3. The molecular formula is C21H18F4N4O3. The van der Waals surface area contributed by atoms with E-state index in [9.17, 15) is 22.4 Å². The zero-order valence-electron chi connectivity index (χ0n) is 17.1. The molecule has 3 aromatic rings. The molecule has 0 spiro atoms. The Morgan fingerprint density at radius 3 is 2.62 bits per heavy atom. The first-order chi connectivity index (χ1) is 15.1. The van der Waals surface area contributed by atoms with Crippen molar-refractivity contribution in [2.24, 2.45) is 0 Å². The number of pyridine rings is 1. The summed E-state index contributed by atoms with van der Waals surface area (Å²) in [5.41, 5.74) is -1.04. The van der Waals surface area contributed by atoms with Crippen LogP contribution in [0, 0.1) is 5.82 Å². The van der Waals surface area contributed by atoms with Gasteiger partial charge in [0.05, 0.1) is 6.20 Å². The largest absolute Gasteiger partial charge is 0.473 e. The zero-order valence-corrected chi connectivity index (χ0v) is 17.1. The maximum atomic E-state index is 14.4. The lowest BCUT2D eigenvalue weighted by molar-refractivity contribution is -0.141. The third kappa shape index (κ3) is 4.36. The van der Waals surface area contributed by atoms with Crippen LogP contribution in [0.15, 0.2) is 47.4 Å². The van der Waals surface area contributed by atoms with Crippen molar-refractivity contribution >= 4 is 5.82 Å². The van der Waals surface area contributed by atoms with Gasteiger partial charge in [0.25, 0.3) is 0 Å². The molecule has 0 N–H and O–H groups in total. The van der Waals surface area contributed by atoms with Crippen LogP contribution >= 0.6 is 0 Å². The maximum Gasteiger partial charge on any atom is 0.433 e. The van der Waals surface area contributed by atoms with Crippen molar-refractivity contribution in [3.63, 3.8) is 0 Å². The number of ether oxygens (including phenoxy) is 2. The molecule has 0 saturated heterocycles. The Morgan fingerprint density at radius 1 is 1.19 bits per heavy atom. The molecule has 1 aromatic carbocycles. The van der Waals surface area contributed by atoms with E-state index in [1.165, 1.54) is 18.2 Å². The first-order valence-electron chi connectivity index (χ1n) is 9.59. The summed E-state index contributed by atoms with van der Waals surface area (Å²) in [6.07, 6.45) is -3.70. The molecule has 4 rings (SSSR count). The van der Waals surface area contributed by atoms with Crippen LogP contribution in [0.5, 0.6) is 17.4 Å². The summed E-state index contributed by atoms with van der Waals surface area (Å²) in [6.45, 7) is 2.48. The highest BCUT2D eigenvalue weighted by Gasteiger charge is 2.32. The second-order valence-corrected chi connectivity index (χ2v) is 7.34. The molecule has 1 atom stereocenters. The van der Waals surface area contributed by atoms with Crippen molar-refractivity contribution in [3.8, 4) is 17.4 Å². The minimum atomic E-state index is -4.57. The van der Waals surface area contributed by atoms with Gasteiger partial charge in [-0.3, -0.25) is 4.57 Å². The molecular weight excluding hydrogens is 432 g/mol. The molecule has 2 aromatic heterocycles.